The Morgan fingerprint density at radius 1 is 1.28 bits per heavy atom. The Morgan fingerprint density at radius 3 is 2.67 bits per heavy atom. The minimum atomic E-state index is -3.47. The average Bonchev–Trinajstić information content (AvgIpc) is 2.40. The van der Waals surface area contributed by atoms with Gasteiger partial charge in [0.1, 0.15) is 0 Å². The number of isocyanates is 1. The van der Waals surface area contributed by atoms with Crippen LogP contribution in [0.5, 0.6) is 0 Å². The van der Waals surface area contributed by atoms with E-state index in [0.717, 1.165) is 6.42 Å². The van der Waals surface area contributed by atoms with Gasteiger partial charge in [-0.2, -0.15) is 4.31 Å². The third-order valence-electron chi connectivity index (χ3n) is 2.98. The molecule has 18 heavy (non-hydrogen) atoms. The van der Waals surface area contributed by atoms with Crippen molar-refractivity contribution in [2.75, 3.05) is 13.1 Å². The van der Waals surface area contributed by atoms with Crippen LogP contribution in [0.1, 0.15) is 12.8 Å². The zero-order valence-electron chi connectivity index (χ0n) is 9.82. The molecule has 0 N–H and O–H groups in total. The maximum absolute atomic E-state index is 12.3. The summed E-state index contributed by atoms with van der Waals surface area (Å²) in [5.41, 5.74) is 0. The topological polar surface area (TPSA) is 66.8 Å². The van der Waals surface area contributed by atoms with E-state index in [1.807, 2.05) is 0 Å². The number of hydrogen-bond donors (Lipinski definition) is 0. The van der Waals surface area contributed by atoms with E-state index in [1.54, 1.807) is 30.3 Å². The van der Waals surface area contributed by atoms with Crippen molar-refractivity contribution in [2.24, 2.45) is 4.99 Å². The highest BCUT2D eigenvalue weighted by molar-refractivity contribution is 7.89. The molecule has 0 spiro atoms. The smallest absolute Gasteiger partial charge is 0.211 e. The molecule has 1 saturated heterocycles. The van der Waals surface area contributed by atoms with Crippen LogP contribution in [0.15, 0.2) is 40.2 Å². The SMILES string of the molecule is O=C=N[C@@H]1CCCN(S(=O)(=O)c2ccccc2)C1. The Kier molecular flexibility index (Phi) is 3.91. The van der Waals surface area contributed by atoms with Crippen LogP contribution in [0.2, 0.25) is 0 Å². The highest BCUT2D eigenvalue weighted by atomic mass is 32.2. The molecule has 1 heterocycles. The van der Waals surface area contributed by atoms with Crippen molar-refractivity contribution in [1.82, 2.24) is 4.31 Å². The van der Waals surface area contributed by atoms with Gasteiger partial charge in [0.15, 0.2) is 0 Å². The number of carbonyl (C=O) groups excluding carboxylic acids is 1. The highest BCUT2D eigenvalue weighted by Gasteiger charge is 2.29. The first-order valence-corrected chi connectivity index (χ1v) is 7.21. The van der Waals surface area contributed by atoms with Crippen molar-refractivity contribution in [3.05, 3.63) is 30.3 Å². The maximum Gasteiger partial charge on any atom is 0.243 e. The zero-order valence-corrected chi connectivity index (χ0v) is 10.6. The van der Waals surface area contributed by atoms with E-state index in [2.05, 4.69) is 4.99 Å². The number of rotatable bonds is 3. The van der Waals surface area contributed by atoms with Crippen LogP contribution in [0.25, 0.3) is 0 Å². The summed E-state index contributed by atoms with van der Waals surface area (Å²) in [7, 11) is -3.47. The van der Waals surface area contributed by atoms with Crippen LogP contribution in [-0.4, -0.2) is 37.9 Å². The number of aliphatic imine (C=N–C) groups is 1. The van der Waals surface area contributed by atoms with E-state index in [-0.39, 0.29) is 17.5 Å². The molecular formula is C12H14N2O3S. The van der Waals surface area contributed by atoms with E-state index in [0.29, 0.717) is 13.0 Å². The molecule has 1 fully saturated rings. The van der Waals surface area contributed by atoms with Gasteiger partial charge >= 0.3 is 0 Å². The minimum absolute atomic E-state index is 0.256. The van der Waals surface area contributed by atoms with Gasteiger partial charge in [0, 0.05) is 13.1 Å². The third-order valence-corrected chi connectivity index (χ3v) is 4.85. The average molecular weight is 266 g/mol. The summed E-state index contributed by atoms with van der Waals surface area (Å²) in [5, 5.41) is 0. The molecule has 1 aromatic carbocycles. The van der Waals surface area contributed by atoms with E-state index in [4.69, 9.17) is 0 Å². The third kappa shape index (κ3) is 2.67. The van der Waals surface area contributed by atoms with E-state index in [9.17, 15) is 13.2 Å². The normalized spacial score (nSPS) is 21.2. The van der Waals surface area contributed by atoms with Gasteiger partial charge in [0.25, 0.3) is 0 Å². The summed E-state index contributed by atoms with van der Waals surface area (Å²) >= 11 is 0. The lowest BCUT2D eigenvalue weighted by atomic mass is 10.1. The number of sulfonamides is 1. The molecule has 96 valence electrons. The predicted octanol–water partition coefficient (Wildman–Crippen LogP) is 1.18. The van der Waals surface area contributed by atoms with Crippen LogP contribution < -0.4 is 0 Å². The van der Waals surface area contributed by atoms with Crippen molar-refractivity contribution in [3.63, 3.8) is 0 Å². The standard InChI is InChI=1S/C12H14N2O3S/c15-10-13-11-5-4-8-14(9-11)18(16,17)12-6-2-1-3-7-12/h1-3,6-7,11H,4-5,8-9H2/t11-/m1/s1. The maximum atomic E-state index is 12.3. The fraction of sp³-hybridized carbons (Fsp3) is 0.417. The Hall–Kier alpha value is -1.49. The molecule has 1 aliphatic heterocycles. The molecule has 1 aromatic rings. The summed E-state index contributed by atoms with van der Waals surface area (Å²) < 4.78 is 26.0. The molecule has 6 heteroatoms. The Balaban J connectivity index is 2.23. The lowest BCUT2D eigenvalue weighted by molar-refractivity contribution is 0.316. The lowest BCUT2D eigenvalue weighted by Gasteiger charge is -2.29. The van der Waals surface area contributed by atoms with E-state index >= 15 is 0 Å². The lowest BCUT2D eigenvalue weighted by Crippen LogP contribution is -2.41. The summed E-state index contributed by atoms with van der Waals surface area (Å²) in [6.45, 7) is 0.731. The molecule has 0 aromatic heterocycles. The van der Waals surface area contributed by atoms with Crippen molar-refractivity contribution in [2.45, 2.75) is 23.8 Å². The fourth-order valence-corrected chi connectivity index (χ4v) is 3.60. The second-order valence-corrected chi connectivity index (χ2v) is 6.13. The first-order chi connectivity index (χ1) is 8.64. The van der Waals surface area contributed by atoms with Gasteiger partial charge in [-0.05, 0) is 25.0 Å². The van der Waals surface area contributed by atoms with Crippen molar-refractivity contribution >= 4 is 16.1 Å². The molecule has 0 unspecified atom stereocenters. The van der Waals surface area contributed by atoms with Crippen LogP contribution in [0.4, 0.5) is 0 Å². The Bertz CT molecular complexity index is 550. The second kappa shape index (κ2) is 5.44. The molecule has 0 aliphatic carbocycles. The second-order valence-electron chi connectivity index (χ2n) is 4.19. The number of benzene rings is 1. The molecule has 5 nitrogen and oxygen atoms in total. The van der Waals surface area contributed by atoms with Crippen molar-refractivity contribution in [1.29, 1.82) is 0 Å². The van der Waals surface area contributed by atoms with Crippen molar-refractivity contribution in [3.8, 4) is 0 Å². The molecule has 0 radical (unpaired) electrons. The molecule has 1 atom stereocenters. The van der Waals surface area contributed by atoms with E-state index < -0.39 is 10.0 Å². The van der Waals surface area contributed by atoms with Gasteiger partial charge in [-0.15, -0.1) is 0 Å². The first-order valence-electron chi connectivity index (χ1n) is 5.77. The highest BCUT2D eigenvalue weighted by Crippen LogP contribution is 2.21. The summed E-state index contributed by atoms with van der Waals surface area (Å²) in [4.78, 5) is 14.1. The molecule has 2 rings (SSSR count). The van der Waals surface area contributed by atoms with Crippen LogP contribution in [-0.2, 0) is 14.8 Å². The van der Waals surface area contributed by atoms with Gasteiger partial charge in [-0.1, -0.05) is 18.2 Å². The number of hydrogen-bond acceptors (Lipinski definition) is 4. The van der Waals surface area contributed by atoms with Crippen LogP contribution in [0, 0.1) is 0 Å². The molecule has 1 aliphatic rings. The summed E-state index contributed by atoms with van der Waals surface area (Å²) in [5.74, 6) is 0. The number of nitrogens with zero attached hydrogens (tertiary/aromatic N) is 2. The quantitative estimate of drug-likeness (QED) is 0.609. The van der Waals surface area contributed by atoms with Crippen molar-refractivity contribution < 1.29 is 13.2 Å². The Morgan fingerprint density at radius 2 is 2.00 bits per heavy atom. The molecule has 0 amide bonds. The van der Waals surface area contributed by atoms with Crippen LogP contribution >= 0.6 is 0 Å². The summed E-state index contributed by atoms with van der Waals surface area (Å²) in [6, 6.07) is 8.03. The van der Waals surface area contributed by atoms with Gasteiger partial charge < -0.3 is 0 Å². The fourth-order valence-electron chi connectivity index (χ4n) is 2.06. The zero-order chi connectivity index (χ0) is 13.0. The largest absolute Gasteiger partial charge is 0.243 e. The predicted molar refractivity (Wildman–Crippen MR) is 66.3 cm³/mol. The number of piperidine rings is 1. The molecule has 0 saturated carbocycles. The van der Waals surface area contributed by atoms with Gasteiger partial charge in [0.05, 0.1) is 10.9 Å². The van der Waals surface area contributed by atoms with E-state index in [1.165, 1.54) is 10.4 Å². The molecule has 0 bridgehead atoms. The van der Waals surface area contributed by atoms with Crippen LogP contribution in [0.3, 0.4) is 0 Å². The Labute approximate surface area is 106 Å². The summed E-state index contributed by atoms with van der Waals surface area (Å²) in [6.07, 6.45) is 2.95. The van der Waals surface area contributed by atoms with Gasteiger partial charge in [-0.25, -0.2) is 18.2 Å². The first kappa shape index (κ1) is 13.0. The van der Waals surface area contributed by atoms with Gasteiger partial charge in [0.2, 0.25) is 16.1 Å². The minimum Gasteiger partial charge on any atom is -0.211 e. The van der Waals surface area contributed by atoms with Gasteiger partial charge in [-0.3, -0.25) is 0 Å². The monoisotopic (exact) mass is 266 g/mol. The molecular weight excluding hydrogens is 252 g/mol.